The number of carbonyl (C=O) groups excluding carboxylic acids is 1. The maximum absolute atomic E-state index is 12.3. The molecule has 1 aliphatic carbocycles. The van der Waals surface area contributed by atoms with Crippen LogP contribution < -0.4 is 15.4 Å². The Hall–Kier alpha value is -1.75. The van der Waals surface area contributed by atoms with E-state index in [1.54, 1.807) is 0 Å². The predicted octanol–water partition coefficient (Wildman–Crippen LogP) is 3.76. The van der Waals surface area contributed by atoms with Crippen molar-refractivity contribution in [1.82, 2.24) is 10.2 Å². The van der Waals surface area contributed by atoms with Crippen LogP contribution in [0.4, 0.5) is 10.5 Å². The van der Waals surface area contributed by atoms with Crippen LogP contribution in [0.25, 0.3) is 0 Å². The summed E-state index contributed by atoms with van der Waals surface area (Å²) in [6, 6.07) is 8.46. The molecule has 1 aromatic carbocycles. The Kier molecular flexibility index (Phi) is 5.11. The van der Waals surface area contributed by atoms with Crippen molar-refractivity contribution in [3.8, 4) is 5.75 Å². The van der Waals surface area contributed by atoms with Gasteiger partial charge in [-0.1, -0.05) is 6.42 Å². The average molecular weight is 343 g/mol. The minimum absolute atomic E-state index is 0.0955. The van der Waals surface area contributed by atoms with Gasteiger partial charge in [-0.2, -0.15) is 0 Å². The number of urea groups is 1. The molecular formula is C20H29N3O2. The lowest BCUT2D eigenvalue weighted by atomic mass is 9.99. The molecule has 3 fully saturated rings. The van der Waals surface area contributed by atoms with Gasteiger partial charge in [0.1, 0.15) is 5.75 Å². The second kappa shape index (κ2) is 7.65. The quantitative estimate of drug-likeness (QED) is 0.875. The molecule has 1 saturated carbocycles. The molecule has 136 valence electrons. The summed E-state index contributed by atoms with van der Waals surface area (Å²) in [5, 5.41) is 6.14. The Labute approximate surface area is 150 Å². The topological polar surface area (TPSA) is 53.6 Å². The maximum atomic E-state index is 12.3. The molecule has 0 radical (unpaired) electrons. The monoisotopic (exact) mass is 343 g/mol. The number of hydrogen-bond donors (Lipinski definition) is 2. The number of nitrogens with one attached hydrogen (secondary N) is 2. The number of benzene rings is 1. The molecule has 0 spiro atoms. The number of ether oxygens (including phenoxy) is 1. The molecule has 0 aromatic heterocycles. The fraction of sp³-hybridized carbons (Fsp3) is 0.650. The molecule has 4 rings (SSSR count). The highest BCUT2D eigenvalue weighted by atomic mass is 16.5. The molecule has 2 aliphatic heterocycles. The highest BCUT2D eigenvalue weighted by Gasteiger charge is 2.36. The number of nitrogens with zero attached hydrogens (tertiary/aromatic N) is 1. The largest absolute Gasteiger partial charge is 0.490 e. The van der Waals surface area contributed by atoms with Gasteiger partial charge in [0.2, 0.25) is 0 Å². The SMILES string of the molecule is O=C(Nc1ccc(OC2CCCC2)cc1)NC1CCN2CCCCC12. The van der Waals surface area contributed by atoms with Crippen molar-refractivity contribution >= 4 is 11.7 Å². The van der Waals surface area contributed by atoms with Crippen molar-refractivity contribution < 1.29 is 9.53 Å². The Morgan fingerprint density at radius 3 is 2.52 bits per heavy atom. The predicted molar refractivity (Wildman–Crippen MR) is 99.1 cm³/mol. The molecule has 5 heteroatoms. The van der Waals surface area contributed by atoms with Crippen molar-refractivity contribution in [3.63, 3.8) is 0 Å². The van der Waals surface area contributed by atoms with E-state index >= 15 is 0 Å². The summed E-state index contributed by atoms with van der Waals surface area (Å²) in [6.07, 6.45) is 10.1. The van der Waals surface area contributed by atoms with Gasteiger partial charge < -0.3 is 15.4 Å². The third-order valence-corrected chi connectivity index (χ3v) is 5.89. The first-order valence-electron chi connectivity index (χ1n) is 9.86. The Balaban J connectivity index is 1.27. The second-order valence-electron chi connectivity index (χ2n) is 7.64. The Morgan fingerprint density at radius 2 is 1.72 bits per heavy atom. The van der Waals surface area contributed by atoms with Gasteiger partial charge in [-0.3, -0.25) is 4.90 Å². The lowest BCUT2D eigenvalue weighted by Gasteiger charge is -2.32. The molecule has 2 unspecified atom stereocenters. The molecule has 2 saturated heterocycles. The van der Waals surface area contributed by atoms with Gasteiger partial charge in [0.15, 0.2) is 0 Å². The number of rotatable bonds is 4. The van der Waals surface area contributed by atoms with Crippen LogP contribution in [-0.4, -0.2) is 42.2 Å². The summed E-state index contributed by atoms with van der Waals surface area (Å²) in [5.74, 6) is 0.895. The van der Waals surface area contributed by atoms with Gasteiger partial charge in [-0.25, -0.2) is 4.79 Å². The molecule has 2 amide bonds. The van der Waals surface area contributed by atoms with E-state index in [2.05, 4.69) is 15.5 Å². The van der Waals surface area contributed by atoms with Gasteiger partial charge in [-0.05, 0) is 75.8 Å². The molecule has 3 aliphatic rings. The third kappa shape index (κ3) is 4.09. The van der Waals surface area contributed by atoms with Gasteiger partial charge >= 0.3 is 6.03 Å². The summed E-state index contributed by atoms with van der Waals surface area (Å²) in [4.78, 5) is 14.9. The van der Waals surface area contributed by atoms with Crippen molar-refractivity contribution in [3.05, 3.63) is 24.3 Å². The summed E-state index contributed by atoms with van der Waals surface area (Å²) in [6.45, 7) is 2.30. The first-order chi connectivity index (χ1) is 12.3. The third-order valence-electron chi connectivity index (χ3n) is 5.89. The van der Waals surface area contributed by atoms with Crippen molar-refractivity contribution in [2.45, 2.75) is 69.6 Å². The highest BCUT2D eigenvalue weighted by Crippen LogP contribution is 2.27. The van der Waals surface area contributed by atoms with Crippen LogP contribution in [0.5, 0.6) is 5.75 Å². The lowest BCUT2D eigenvalue weighted by molar-refractivity contribution is 0.180. The van der Waals surface area contributed by atoms with Crippen LogP contribution in [0.15, 0.2) is 24.3 Å². The minimum atomic E-state index is -0.0955. The highest BCUT2D eigenvalue weighted by molar-refractivity contribution is 5.89. The molecule has 5 nitrogen and oxygen atoms in total. The Morgan fingerprint density at radius 1 is 0.960 bits per heavy atom. The molecular weight excluding hydrogens is 314 g/mol. The number of anilines is 1. The summed E-state index contributed by atoms with van der Waals surface area (Å²) in [5.41, 5.74) is 0.815. The van der Waals surface area contributed by atoms with Crippen LogP contribution in [-0.2, 0) is 0 Å². The summed E-state index contributed by atoms with van der Waals surface area (Å²) in [7, 11) is 0. The summed E-state index contributed by atoms with van der Waals surface area (Å²) >= 11 is 0. The number of amides is 2. The number of hydrogen-bond acceptors (Lipinski definition) is 3. The normalized spacial score (nSPS) is 27.0. The first-order valence-corrected chi connectivity index (χ1v) is 9.86. The van der Waals surface area contributed by atoms with E-state index in [4.69, 9.17) is 4.74 Å². The maximum Gasteiger partial charge on any atom is 0.319 e. The molecule has 2 N–H and O–H groups in total. The summed E-state index contributed by atoms with van der Waals surface area (Å²) < 4.78 is 5.97. The molecule has 25 heavy (non-hydrogen) atoms. The van der Waals surface area contributed by atoms with Crippen LogP contribution in [0, 0.1) is 0 Å². The van der Waals surface area contributed by atoms with Crippen LogP contribution in [0.1, 0.15) is 51.4 Å². The van der Waals surface area contributed by atoms with E-state index in [1.807, 2.05) is 24.3 Å². The number of fused-ring (bicyclic) bond motifs is 1. The zero-order valence-corrected chi connectivity index (χ0v) is 14.9. The zero-order chi connectivity index (χ0) is 17.1. The zero-order valence-electron chi connectivity index (χ0n) is 14.9. The molecule has 1 aromatic rings. The number of carbonyl (C=O) groups is 1. The van der Waals surface area contributed by atoms with E-state index in [0.717, 1.165) is 37.2 Å². The van der Waals surface area contributed by atoms with Crippen LogP contribution in [0.3, 0.4) is 0 Å². The van der Waals surface area contributed by atoms with E-state index in [0.29, 0.717) is 12.1 Å². The lowest BCUT2D eigenvalue weighted by Crippen LogP contribution is -2.47. The van der Waals surface area contributed by atoms with E-state index in [1.165, 1.54) is 38.6 Å². The van der Waals surface area contributed by atoms with Gasteiger partial charge in [0, 0.05) is 24.3 Å². The van der Waals surface area contributed by atoms with E-state index in [-0.39, 0.29) is 12.1 Å². The van der Waals surface area contributed by atoms with Gasteiger partial charge in [0.25, 0.3) is 0 Å². The fourth-order valence-corrected chi connectivity index (χ4v) is 4.57. The minimum Gasteiger partial charge on any atom is -0.490 e. The molecule has 0 bridgehead atoms. The smallest absolute Gasteiger partial charge is 0.319 e. The van der Waals surface area contributed by atoms with Crippen LogP contribution in [0.2, 0.25) is 0 Å². The van der Waals surface area contributed by atoms with Crippen molar-refractivity contribution in [1.29, 1.82) is 0 Å². The Bertz CT molecular complexity index is 583. The average Bonchev–Trinajstić information content (AvgIpc) is 3.27. The first kappa shape index (κ1) is 16.7. The van der Waals surface area contributed by atoms with E-state index < -0.39 is 0 Å². The molecule has 2 heterocycles. The van der Waals surface area contributed by atoms with Crippen molar-refractivity contribution in [2.24, 2.45) is 0 Å². The molecule has 2 atom stereocenters. The van der Waals surface area contributed by atoms with Gasteiger partial charge in [-0.15, -0.1) is 0 Å². The van der Waals surface area contributed by atoms with Crippen molar-refractivity contribution in [2.75, 3.05) is 18.4 Å². The standard InChI is InChI=1S/C20H29N3O2/c24-20(22-18-12-14-23-13-4-3-7-19(18)23)21-15-8-10-17(11-9-15)25-16-5-1-2-6-16/h8-11,16,18-19H,1-7,12-14H2,(H2,21,22,24). The second-order valence-corrected chi connectivity index (χ2v) is 7.64. The fourth-order valence-electron chi connectivity index (χ4n) is 4.57. The van der Waals surface area contributed by atoms with Crippen LogP contribution >= 0.6 is 0 Å². The van der Waals surface area contributed by atoms with Gasteiger partial charge in [0.05, 0.1) is 6.10 Å². The van der Waals surface area contributed by atoms with E-state index in [9.17, 15) is 4.79 Å². The number of piperidine rings is 1.